The minimum absolute atomic E-state index is 0.0805. The molecule has 2 rings (SSSR count). The summed E-state index contributed by atoms with van der Waals surface area (Å²) >= 11 is 0. The van der Waals surface area contributed by atoms with Crippen LogP contribution in [0, 0.1) is 13.8 Å². The van der Waals surface area contributed by atoms with E-state index < -0.39 is 0 Å². The van der Waals surface area contributed by atoms with Gasteiger partial charge in [-0.2, -0.15) is 0 Å². The van der Waals surface area contributed by atoms with Crippen LogP contribution in [0.15, 0.2) is 12.1 Å². The van der Waals surface area contributed by atoms with Gasteiger partial charge in [0, 0.05) is 12.6 Å². The number of methoxy groups -OCH3 is 1. The lowest BCUT2D eigenvalue weighted by atomic mass is 9.93. The smallest absolute Gasteiger partial charge is 0.122 e. The Hall–Kier alpha value is -1.06. The monoisotopic (exact) mass is 263 g/mol. The van der Waals surface area contributed by atoms with Crippen molar-refractivity contribution in [1.82, 2.24) is 5.32 Å². The number of aliphatic hydroxyl groups is 1. The molecule has 1 aromatic rings. The third-order valence-corrected chi connectivity index (χ3v) is 4.13. The maximum Gasteiger partial charge on any atom is 0.122 e. The number of aryl methyl sites for hydroxylation is 2. The summed E-state index contributed by atoms with van der Waals surface area (Å²) in [5, 5.41) is 13.1. The van der Waals surface area contributed by atoms with Crippen molar-refractivity contribution in [2.24, 2.45) is 0 Å². The van der Waals surface area contributed by atoms with Gasteiger partial charge in [-0.25, -0.2) is 0 Å². The van der Waals surface area contributed by atoms with Crippen molar-refractivity contribution < 1.29 is 9.84 Å². The van der Waals surface area contributed by atoms with E-state index in [2.05, 4.69) is 31.3 Å². The van der Waals surface area contributed by atoms with Crippen LogP contribution < -0.4 is 10.1 Å². The minimum Gasteiger partial charge on any atom is -0.496 e. The van der Waals surface area contributed by atoms with Crippen molar-refractivity contribution in [1.29, 1.82) is 0 Å². The number of hydrogen-bond acceptors (Lipinski definition) is 3. The van der Waals surface area contributed by atoms with Crippen LogP contribution >= 0.6 is 0 Å². The topological polar surface area (TPSA) is 41.5 Å². The molecule has 1 aliphatic carbocycles. The van der Waals surface area contributed by atoms with E-state index in [1.54, 1.807) is 7.11 Å². The maximum atomic E-state index is 9.51. The molecule has 0 aromatic heterocycles. The van der Waals surface area contributed by atoms with Gasteiger partial charge in [0.25, 0.3) is 0 Å². The van der Waals surface area contributed by atoms with Gasteiger partial charge in [-0.05, 0) is 62.3 Å². The molecule has 0 heterocycles. The number of ether oxygens (including phenoxy) is 1. The molecule has 0 aliphatic heterocycles. The summed E-state index contributed by atoms with van der Waals surface area (Å²) in [5.74, 6) is 0.960. The van der Waals surface area contributed by atoms with Crippen molar-refractivity contribution in [2.75, 3.05) is 7.11 Å². The Morgan fingerprint density at radius 1 is 1.16 bits per heavy atom. The van der Waals surface area contributed by atoms with Gasteiger partial charge < -0.3 is 15.2 Å². The molecule has 0 saturated heterocycles. The van der Waals surface area contributed by atoms with Crippen LogP contribution in [0.25, 0.3) is 0 Å². The second-order valence-electron chi connectivity index (χ2n) is 5.63. The van der Waals surface area contributed by atoms with Crippen molar-refractivity contribution in [3.8, 4) is 5.75 Å². The lowest BCUT2D eigenvalue weighted by molar-refractivity contribution is 0.116. The van der Waals surface area contributed by atoms with Crippen LogP contribution in [0.4, 0.5) is 0 Å². The van der Waals surface area contributed by atoms with Gasteiger partial charge >= 0.3 is 0 Å². The Morgan fingerprint density at radius 3 is 2.47 bits per heavy atom. The van der Waals surface area contributed by atoms with Crippen molar-refractivity contribution in [3.63, 3.8) is 0 Å². The normalized spacial score (nSPS) is 23.4. The van der Waals surface area contributed by atoms with E-state index in [0.29, 0.717) is 6.04 Å². The zero-order valence-corrected chi connectivity index (χ0v) is 12.2. The van der Waals surface area contributed by atoms with Gasteiger partial charge in [-0.1, -0.05) is 6.07 Å². The highest BCUT2D eigenvalue weighted by atomic mass is 16.5. The molecule has 0 atom stereocenters. The van der Waals surface area contributed by atoms with Crippen molar-refractivity contribution in [2.45, 2.75) is 58.2 Å². The first-order valence-electron chi connectivity index (χ1n) is 7.15. The van der Waals surface area contributed by atoms with Gasteiger partial charge in [0.15, 0.2) is 0 Å². The van der Waals surface area contributed by atoms with Crippen molar-refractivity contribution >= 4 is 0 Å². The van der Waals surface area contributed by atoms with Crippen LogP contribution in [0.1, 0.15) is 42.4 Å². The predicted molar refractivity (Wildman–Crippen MR) is 77.6 cm³/mol. The van der Waals surface area contributed by atoms with Gasteiger partial charge in [0.2, 0.25) is 0 Å². The lowest BCUT2D eigenvalue weighted by Gasteiger charge is -2.26. The second-order valence-corrected chi connectivity index (χ2v) is 5.63. The van der Waals surface area contributed by atoms with E-state index in [1.807, 2.05) is 0 Å². The molecule has 0 amide bonds. The molecule has 1 saturated carbocycles. The molecule has 0 unspecified atom stereocenters. The largest absolute Gasteiger partial charge is 0.496 e. The molecular formula is C16H25NO2. The fourth-order valence-electron chi connectivity index (χ4n) is 2.79. The highest BCUT2D eigenvalue weighted by Crippen LogP contribution is 2.23. The van der Waals surface area contributed by atoms with Crippen molar-refractivity contribution in [3.05, 3.63) is 28.8 Å². The third-order valence-electron chi connectivity index (χ3n) is 4.13. The molecule has 1 aromatic carbocycles. The Labute approximate surface area is 116 Å². The summed E-state index contributed by atoms with van der Waals surface area (Å²) in [4.78, 5) is 0. The molecule has 1 fully saturated rings. The highest BCUT2D eigenvalue weighted by molar-refractivity contribution is 5.41. The second kappa shape index (κ2) is 6.40. The molecule has 0 spiro atoms. The van der Waals surface area contributed by atoms with Crippen LogP contribution in [0.5, 0.6) is 5.75 Å². The van der Waals surface area contributed by atoms with Crippen LogP contribution in [-0.2, 0) is 6.54 Å². The number of nitrogens with one attached hydrogen (secondary N) is 1. The Bertz CT molecular complexity index is 423. The zero-order chi connectivity index (χ0) is 13.8. The van der Waals surface area contributed by atoms with Gasteiger partial charge in [0.05, 0.1) is 13.2 Å². The standard InChI is InChI=1S/C16H25NO2/c1-11-9-16(19-3)12(2)8-13(11)10-17-14-4-6-15(18)7-5-14/h8-9,14-15,17-18H,4-7,10H2,1-3H3. The minimum atomic E-state index is -0.0805. The fraction of sp³-hybridized carbons (Fsp3) is 0.625. The summed E-state index contributed by atoms with van der Waals surface area (Å²) in [6.07, 6.45) is 3.93. The maximum absolute atomic E-state index is 9.51. The SMILES string of the molecule is COc1cc(C)c(CNC2CCC(O)CC2)cc1C. The van der Waals surface area contributed by atoms with E-state index in [-0.39, 0.29) is 6.10 Å². The summed E-state index contributed by atoms with van der Waals surface area (Å²) < 4.78 is 5.34. The Kier molecular flexibility index (Phi) is 4.83. The Morgan fingerprint density at radius 2 is 1.84 bits per heavy atom. The first kappa shape index (κ1) is 14.4. The molecule has 19 heavy (non-hydrogen) atoms. The molecule has 106 valence electrons. The van der Waals surface area contributed by atoms with E-state index in [9.17, 15) is 5.11 Å². The molecule has 2 N–H and O–H groups in total. The predicted octanol–water partition coefficient (Wildman–Crippen LogP) is 2.71. The Balaban J connectivity index is 1.94. The first-order valence-corrected chi connectivity index (χ1v) is 7.15. The van der Waals surface area contributed by atoms with Crippen LogP contribution in [0.2, 0.25) is 0 Å². The average molecular weight is 263 g/mol. The first-order chi connectivity index (χ1) is 9.10. The van der Waals surface area contributed by atoms with E-state index in [4.69, 9.17) is 4.74 Å². The van der Waals surface area contributed by atoms with Crippen LogP contribution in [0.3, 0.4) is 0 Å². The lowest BCUT2D eigenvalue weighted by Crippen LogP contribution is -2.34. The molecular weight excluding hydrogens is 238 g/mol. The fourth-order valence-corrected chi connectivity index (χ4v) is 2.79. The summed E-state index contributed by atoms with van der Waals surface area (Å²) in [6.45, 7) is 5.11. The van der Waals surface area contributed by atoms with Gasteiger partial charge in [-0.3, -0.25) is 0 Å². The quantitative estimate of drug-likeness (QED) is 0.877. The van der Waals surface area contributed by atoms with Crippen LogP contribution in [-0.4, -0.2) is 24.4 Å². The summed E-state index contributed by atoms with van der Waals surface area (Å²) in [5.41, 5.74) is 3.79. The van der Waals surface area contributed by atoms with E-state index in [0.717, 1.165) is 38.0 Å². The van der Waals surface area contributed by atoms with Gasteiger partial charge in [-0.15, -0.1) is 0 Å². The number of rotatable bonds is 4. The number of benzene rings is 1. The molecule has 3 heteroatoms. The number of hydrogen-bond donors (Lipinski definition) is 2. The van der Waals surface area contributed by atoms with E-state index in [1.165, 1.54) is 16.7 Å². The molecule has 1 aliphatic rings. The summed E-state index contributed by atoms with van der Waals surface area (Å²) in [6, 6.07) is 4.86. The van der Waals surface area contributed by atoms with E-state index >= 15 is 0 Å². The highest BCUT2D eigenvalue weighted by Gasteiger charge is 2.18. The number of aliphatic hydroxyl groups excluding tert-OH is 1. The summed E-state index contributed by atoms with van der Waals surface area (Å²) in [7, 11) is 1.72. The third kappa shape index (κ3) is 3.71. The molecule has 0 bridgehead atoms. The van der Waals surface area contributed by atoms with Gasteiger partial charge in [0.1, 0.15) is 5.75 Å². The molecule has 0 radical (unpaired) electrons. The molecule has 3 nitrogen and oxygen atoms in total. The average Bonchev–Trinajstić information content (AvgIpc) is 2.41. The zero-order valence-electron chi connectivity index (χ0n) is 12.2.